The molecule has 0 saturated heterocycles. The lowest BCUT2D eigenvalue weighted by molar-refractivity contribution is -0.122. The molecule has 0 atom stereocenters. The van der Waals surface area contributed by atoms with E-state index in [1.54, 1.807) is 30.3 Å². The van der Waals surface area contributed by atoms with Crippen molar-refractivity contribution in [3.63, 3.8) is 0 Å². The van der Waals surface area contributed by atoms with Crippen LogP contribution in [0.1, 0.15) is 11.3 Å². The Labute approximate surface area is 108 Å². The van der Waals surface area contributed by atoms with Crippen LogP contribution < -0.4 is 5.32 Å². The molecule has 3 rings (SSSR count). The number of imide groups is 1. The minimum absolute atomic E-state index is 0.228. The van der Waals surface area contributed by atoms with Gasteiger partial charge in [0.2, 0.25) is 0 Å². The first-order chi connectivity index (χ1) is 9.27. The Bertz CT molecular complexity index is 621. The van der Waals surface area contributed by atoms with E-state index in [2.05, 4.69) is 20.7 Å². The maximum absolute atomic E-state index is 11.9. The van der Waals surface area contributed by atoms with Crippen LogP contribution in [0, 0.1) is 0 Å². The Hall–Kier alpha value is -2.89. The van der Waals surface area contributed by atoms with Crippen LogP contribution >= 0.6 is 0 Å². The second kappa shape index (κ2) is 4.41. The van der Waals surface area contributed by atoms with Gasteiger partial charge in [0.15, 0.2) is 0 Å². The van der Waals surface area contributed by atoms with Crippen molar-refractivity contribution in [2.24, 2.45) is 0 Å². The summed E-state index contributed by atoms with van der Waals surface area (Å²) in [6, 6.07) is 10.5. The monoisotopic (exact) mass is 252 g/mol. The molecule has 1 aliphatic heterocycles. The summed E-state index contributed by atoms with van der Waals surface area (Å²) in [4.78, 5) is 23.8. The normalized spacial score (nSPS) is 14.7. The molecule has 0 unspecified atom stereocenters. The summed E-state index contributed by atoms with van der Waals surface area (Å²) in [5.41, 5.74) is 1.54. The zero-order valence-electron chi connectivity index (χ0n) is 9.70. The Morgan fingerprint density at radius 1 is 0.895 bits per heavy atom. The van der Waals surface area contributed by atoms with E-state index in [9.17, 15) is 9.59 Å². The van der Waals surface area contributed by atoms with Gasteiger partial charge in [0.05, 0.1) is 17.3 Å². The summed E-state index contributed by atoms with van der Waals surface area (Å²) in [5, 5.41) is 13.1. The number of hydrogen-bond donors (Lipinski definition) is 1. The lowest BCUT2D eigenvalue weighted by Crippen LogP contribution is -2.23. The molecule has 6 heteroatoms. The lowest BCUT2D eigenvalue weighted by atomic mass is 10.00. The Kier molecular flexibility index (Phi) is 2.60. The highest BCUT2D eigenvalue weighted by Crippen LogP contribution is 2.29. The van der Waals surface area contributed by atoms with Crippen LogP contribution in [0.2, 0.25) is 0 Å². The highest BCUT2D eigenvalue weighted by Gasteiger charge is 2.32. The first-order valence-electron chi connectivity index (χ1n) is 5.57. The molecule has 2 aromatic rings. The van der Waals surface area contributed by atoms with E-state index in [-0.39, 0.29) is 5.57 Å². The summed E-state index contributed by atoms with van der Waals surface area (Å²) in [6.45, 7) is 0. The topological polar surface area (TPSA) is 84.8 Å². The largest absolute Gasteiger partial charge is 0.288 e. The predicted octanol–water partition coefficient (Wildman–Crippen LogP) is 0.439. The first-order valence-corrected chi connectivity index (χ1v) is 5.57. The van der Waals surface area contributed by atoms with Gasteiger partial charge in [0.1, 0.15) is 5.69 Å². The van der Waals surface area contributed by atoms with Gasteiger partial charge in [-0.2, -0.15) is 0 Å². The number of benzene rings is 1. The van der Waals surface area contributed by atoms with Crippen molar-refractivity contribution >= 4 is 23.0 Å². The van der Waals surface area contributed by atoms with Crippen LogP contribution in [0.15, 0.2) is 42.6 Å². The molecule has 0 fully saturated rings. The Balaban J connectivity index is 2.24. The summed E-state index contributed by atoms with van der Waals surface area (Å²) >= 11 is 0. The average Bonchev–Trinajstić information content (AvgIpc) is 2.75. The van der Waals surface area contributed by atoms with Gasteiger partial charge < -0.3 is 0 Å². The third-order valence-electron chi connectivity index (χ3n) is 2.75. The fourth-order valence-electron chi connectivity index (χ4n) is 1.95. The van der Waals surface area contributed by atoms with E-state index in [4.69, 9.17) is 0 Å². The van der Waals surface area contributed by atoms with Gasteiger partial charge in [-0.05, 0) is 16.8 Å². The third-order valence-corrected chi connectivity index (χ3v) is 2.75. The van der Waals surface area contributed by atoms with E-state index in [1.165, 1.54) is 6.20 Å². The zero-order chi connectivity index (χ0) is 13.2. The standard InChI is InChI=1S/C13H8N4O2/c18-12-10(8-4-2-1-3-5-8)11(13(19)15-12)9-6-7-14-17-16-9/h1-7H,(H,15,18,19). The second-order valence-electron chi connectivity index (χ2n) is 3.91. The van der Waals surface area contributed by atoms with Crippen molar-refractivity contribution in [2.45, 2.75) is 0 Å². The molecule has 6 nitrogen and oxygen atoms in total. The number of rotatable bonds is 2. The van der Waals surface area contributed by atoms with E-state index in [0.29, 0.717) is 16.8 Å². The Morgan fingerprint density at radius 3 is 2.32 bits per heavy atom. The summed E-state index contributed by atoms with van der Waals surface area (Å²) in [7, 11) is 0. The van der Waals surface area contributed by atoms with Crippen molar-refractivity contribution in [3.8, 4) is 0 Å². The fourth-order valence-corrected chi connectivity index (χ4v) is 1.95. The summed E-state index contributed by atoms with van der Waals surface area (Å²) < 4.78 is 0. The minimum atomic E-state index is -0.468. The molecule has 0 radical (unpaired) electrons. The highest BCUT2D eigenvalue weighted by molar-refractivity contribution is 6.48. The van der Waals surface area contributed by atoms with E-state index < -0.39 is 11.8 Å². The highest BCUT2D eigenvalue weighted by atomic mass is 16.2. The van der Waals surface area contributed by atoms with E-state index in [0.717, 1.165) is 0 Å². The smallest absolute Gasteiger partial charge is 0.261 e. The SMILES string of the molecule is O=C1NC(=O)C(c2ccnnn2)=C1c1ccccc1. The van der Waals surface area contributed by atoms with Crippen LogP contribution in [0.3, 0.4) is 0 Å². The molecule has 1 aromatic carbocycles. The number of carbonyl (C=O) groups excluding carboxylic acids is 2. The minimum Gasteiger partial charge on any atom is -0.288 e. The maximum atomic E-state index is 11.9. The van der Waals surface area contributed by atoms with E-state index >= 15 is 0 Å². The van der Waals surface area contributed by atoms with Crippen LogP contribution in [0.25, 0.3) is 11.1 Å². The van der Waals surface area contributed by atoms with Crippen LogP contribution in [-0.4, -0.2) is 27.2 Å². The number of aromatic nitrogens is 3. The summed E-state index contributed by atoms with van der Waals surface area (Å²) in [5.74, 6) is -0.894. The molecule has 1 N–H and O–H groups in total. The third kappa shape index (κ3) is 1.89. The molecule has 1 aromatic heterocycles. The second-order valence-corrected chi connectivity index (χ2v) is 3.91. The number of hydrogen-bond acceptors (Lipinski definition) is 5. The van der Waals surface area contributed by atoms with Gasteiger partial charge in [-0.3, -0.25) is 14.9 Å². The average molecular weight is 252 g/mol. The molecule has 2 amide bonds. The fraction of sp³-hybridized carbons (Fsp3) is 0. The number of nitrogens with zero attached hydrogens (tertiary/aromatic N) is 3. The lowest BCUT2D eigenvalue weighted by Gasteiger charge is -2.02. The number of amides is 2. The molecule has 0 saturated carbocycles. The molecular formula is C13H8N4O2. The predicted molar refractivity (Wildman–Crippen MR) is 66.2 cm³/mol. The maximum Gasteiger partial charge on any atom is 0.261 e. The molecular weight excluding hydrogens is 244 g/mol. The number of carbonyl (C=O) groups is 2. The molecule has 0 spiro atoms. The van der Waals surface area contributed by atoms with Crippen molar-refractivity contribution in [1.29, 1.82) is 0 Å². The van der Waals surface area contributed by atoms with Crippen LogP contribution in [0.5, 0.6) is 0 Å². The molecule has 92 valence electrons. The van der Waals surface area contributed by atoms with Crippen molar-refractivity contribution < 1.29 is 9.59 Å². The van der Waals surface area contributed by atoms with Gasteiger partial charge >= 0.3 is 0 Å². The molecule has 2 heterocycles. The molecule has 1 aliphatic rings. The van der Waals surface area contributed by atoms with Gasteiger partial charge in [-0.1, -0.05) is 30.3 Å². The van der Waals surface area contributed by atoms with Gasteiger partial charge in [0.25, 0.3) is 11.8 Å². The van der Waals surface area contributed by atoms with Gasteiger partial charge in [0, 0.05) is 0 Å². The number of nitrogens with one attached hydrogen (secondary N) is 1. The van der Waals surface area contributed by atoms with Gasteiger partial charge in [-0.15, -0.1) is 10.2 Å². The first kappa shape index (κ1) is 11.2. The van der Waals surface area contributed by atoms with E-state index in [1.807, 2.05) is 6.07 Å². The van der Waals surface area contributed by atoms with Crippen molar-refractivity contribution in [1.82, 2.24) is 20.7 Å². The zero-order valence-corrected chi connectivity index (χ0v) is 9.70. The molecule has 0 bridgehead atoms. The van der Waals surface area contributed by atoms with Crippen molar-refractivity contribution in [3.05, 3.63) is 53.9 Å². The van der Waals surface area contributed by atoms with Crippen molar-refractivity contribution in [2.75, 3.05) is 0 Å². The van der Waals surface area contributed by atoms with Crippen LogP contribution in [-0.2, 0) is 9.59 Å². The summed E-state index contributed by atoms with van der Waals surface area (Å²) in [6.07, 6.45) is 1.42. The molecule has 0 aliphatic carbocycles. The quantitative estimate of drug-likeness (QED) is 0.784. The van der Waals surface area contributed by atoms with Gasteiger partial charge in [-0.25, -0.2) is 0 Å². The molecule has 19 heavy (non-hydrogen) atoms. The Morgan fingerprint density at radius 2 is 1.63 bits per heavy atom. The van der Waals surface area contributed by atoms with Crippen LogP contribution in [0.4, 0.5) is 0 Å².